The number of methoxy groups -OCH3 is 1. The summed E-state index contributed by atoms with van der Waals surface area (Å²) in [5, 5.41) is 8.29. The van der Waals surface area contributed by atoms with E-state index in [1.54, 1.807) is 38.1 Å². The van der Waals surface area contributed by atoms with Crippen molar-refractivity contribution in [2.45, 2.75) is 32.4 Å². The molecule has 25 heavy (non-hydrogen) atoms. The molecule has 3 N–H and O–H groups in total. The van der Waals surface area contributed by atoms with Crippen molar-refractivity contribution in [3.63, 3.8) is 0 Å². The lowest BCUT2D eigenvalue weighted by atomic mass is 10.0. The Morgan fingerprint density at radius 2 is 1.92 bits per heavy atom. The number of primary amides is 1. The highest BCUT2D eigenvalue weighted by Crippen LogP contribution is 2.24. The molecular formula is C17H22N4O4. The highest BCUT2D eigenvalue weighted by Gasteiger charge is 2.36. The van der Waals surface area contributed by atoms with Crippen LogP contribution in [-0.4, -0.2) is 42.7 Å². The van der Waals surface area contributed by atoms with Gasteiger partial charge in [0.25, 0.3) is 5.91 Å². The molecule has 0 radical (unpaired) electrons. The summed E-state index contributed by atoms with van der Waals surface area (Å²) in [4.78, 5) is 36.0. The highest BCUT2D eigenvalue weighted by molar-refractivity contribution is 6.40. The molecule has 1 heterocycles. The number of para-hydroxylation sites is 1. The van der Waals surface area contributed by atoms with E-state index in [0.29, 0.717) is 5.69 Å². The van der Waals surface area contributed by atoms with E-state index in [0.717, 1.165) is 0 Å². The minimum atomic E-state index is -0.794. The fraction of sp³-hybridized carbons (Fsp3) is 0.412. The fourth-order valence-corrected chi connectivity index (χ4v) is 2.54. The summed E-state index contributed by atoms with van der Waals surface area (Å²) in [5.74, 6) is -1.79. The zero-order valence-corrected chi connectivity index (χ0v) is 14.4. The van der Waals surface area contributed by atoms with Gasteiger partial charge in [-0.15, -0.1) is 0 Å². The van der Waals surface area contributed by atoms with Crippen LogP contribution in [0, 0.1) is 5.92 Å². The maximum Gasteiger partial charge on any atom is 0.328 e. The maximum atomic E-state index is 12.5. The van der Waals surface area contributed by atoms with E-state index in [1.807, 2.05) is 6.07 Å². The Kier molecular flexibility index (Phi) is 5.74. The number of amides is 2. The Morgan fingerprint density at radius 1 is 1.28 bits per heavy atom. The molecule has 1 aliphatic heterocycles. The third-order valence-corrected chi connectivity index (χ3v) is 3.93. The minimum Gasteiger partial charge on any atom is -0.467 e. The van der Waals surface area contributed by atoms with Crippen LogP contribution in [0.3, 0.4) is 0 Å². The molecule has 2 amide bonds. The van der Waals surface area contributed by atoms with E-state index in [1.165, 1.54) is 12.1 Å². The lowest BCUT2D eigenvalue weighted by Crippen LogP contribution is -2.47. The molecule has 0 spiro atoms. The molecule has 1 aliphatic rings. The number of carbonyl (C=O) groups excluding carboxylic acids is 3. The van der Waals surface area contributed by atoms with Crippen LogP contribution in [0.15, 0.2) is 35.4 Å². The molecule has 8 heteroatoms. The molecule has 0 bridgehead atoms. The maximum absolute atomic E-state index is 12.5. The number of rotatable bonds is 6. The van der Waals surface area contributed by atoms with E-state index in [-0.39, 0.29) is 18.1 Å². The smallest absolute Gasteiger partial charge is 0.328 e. The van der Waals surface area contributed by atoms with Gasteiger partial charge in [-0.1, -0.05) is 32.0 Å². The van der Waals surface area contributed by atoms with Crippen LogP contribution in [0.4, 0.5) is 5.69 Å². The highest BCUT2D eigenvalue weighted by atomic mass is 16.5. The first-order chi connectivity index (χ1) is 11.8. The van der Waals surface area contributed by atoms with Crippen molar-refractivity contribution in [2.75, 3.05) is 12.1 Å². The second-order valence-corrected chi connectivity index (χ2v) is 6.07. The van der Waals surface area contributed by atoms with E-state index >= 15 is 0 Å². The van der Waals surface area contributed by atoms with E-state index in [4.69, 9.17) is 10.5 Å². The van der Waals surface area contributed by atoms with E-state index in [9.17, 15) is 14.4 Å². The number of hydrogen-bond donors (Lipinski definition) is 2. The monoisotopic (exact) mass is 346 g/mol. The average molecular weight is 346 g/mol. The van der Waals surface area contributed by atoms with Gasteiger partial charge >= 0.3 is 5.97 Å². The summed E-state index contributed by atoms with van der Waals surface area (Å²) >= 11 is 0. The predicted octanol–water partition coefficient (Wildman–Crippen LogP) is 0.420. The van der Waals surface area contributed by atoms with Gasteiger partial charge in [-0.2, -0.15) is 5.10 Å². The number of esters is 1. The largest absolute Gasteiger partial charge is 0.467 e. The van der Waals surface area contributed by atoms with Crippen LogP contribution in [-0.2, 0) is 19.1 Å². The molecule has 0 saturated carbocycles. The van der Waals surface area contributed by atoms with Crippen molar-refractivity contribution in [2.24, 2.45) is 16.8 Å². The second kappa shape index (κ2) is 7.78. The summed E-state index contributed by atoms with van der Waals surface area (Å²) in [5.41, 5.74) is 6.24. The van der Waals surface area contributed by atoms with Gasteiger partial charge in [0.1, 0.15) is 17.8 Å². The van der Waals surface area contributed by atoms with Gasteiger partial charge in [0, 0.05) is 6.42 Å². The Labute approximate surface area is 146 Å². The number of ether oxygens (including phenoxy) is 1. The summed E-state index contributed by atoms with van der Waals surface area (Å²) in [6.45, 7) is 3.58. The quantitative estimate of drug-likeness (QED) is 0.725. The Morgan fingerprint density at radius 3 is 2.44 bits per heavy atom. The second-order valence-electron chi connectivity index (χ2n) is 6.07. The molecule has 0 fully saturated rings. The van der Waals surface area contributed by atoms with Crippen molar-refractivity contribution < 1.29 is 19.1 Å². The van der Waals surface area contributed by atoms with Crippen LogP contribution in [0.1, 0.15) is 20.3 Å². The molecular weight excluding hydrogens is 324 g/mol. The summed E-state index contributed by atoms with van der Waals surface area (Å²) < 4.78 is 4.71. The Hall–Kier alpha value is -2.90. The normalized spacial score (nSPS) is 17.8. The zero-order valence-electron chi connectivity index (χ0n) is 14.4. The lowest BCUT2D eigenvalue weighted by molar-refractivity contribution is -0.145. The van der Waals surface area contributed by atoms with Gasteiger partial charge in [0.05, 0.1) is 12.8 Å². The molecule has 2 rings (SSSR count). The van der Waals surface area contributed by atoms with E-state index in [2.05, 4.69) is 10.4 Å². The van der Waals surface area contributed by atoms with Gasteiger partial charge in [-0.05, 0) is 18.1 Å². The first kappa shape index (κ1) is 18.4. The molecule has 1 aromatic rings. The van der Waals surface area contributed by atoms with Crippen LogP contribution >= 0.6 is 0 Å². The van der Waals surface area contributed by atoms with Crippen molar-refractivity contribution >= 4 is 29.2 Å². The Bertz CT molecular complexity index is 687. The molecule has 134 valence electrons. The van der Waals surface area contributed by atoms with Gasteiger partial charge in [0.15, 0.2) is 0 Å². The van der Waals surface area contributed by atoms with Crippen molar-refractivity contribution in [1.82, 2.24) is 5.32 Å². The number of anilines is 1. The number of nitrogens with zero attached hydrogens (tertiary/aromatic N) is 2. The van der Waals surface area contributed by atoms with Crippen molar-refractivity contribution in [3.05, 3.63) is 30.3 Å². The number of nitrogens with one attached hydrogen (secondary N) is 1. The number of carbonyl (C=O) groups is 3. The molecule has 2 atom stereocenters. The third kappa shape index (κ3) is 4.14. The molecule has 0 saturated heterocycles. The summed E-state index contributed by atoms with van der Waals surface area (Å²) in [7, 11) is 1.26. The molecule has 8 nitrogen and oxygen atoms in total. The molecule has 1 aromatic carbocycles. The summed E-state index contributed by atoms with van der Waals surface area (Å²) in [6, 6.07) is 7.42. The van der Waals surface area contributed by atoms with Crippen LogP contribution in [0.5, 0.6) is 0 Å². The predicted molar refractivity (Wildman–Crippen MR) is 92.7 cm³/mol. The van der Waals surface area contributed by atoms with Crippen LogP contribution in [0.25, 0.3) is 0 Å². The van der Waals surface area contributed by atoms with Gasteiger partial charge in [-0.25, -0.2) is 4.79 Å². The Balaban J connectivity index is 2.22. The standard InChI is InChI=1S/C17H22N4O4/c1-10(2)14(17(24)25-3)19-16(23)12-9-13(15(18)22)21(20-12)11-7-5-4-6-8-11/h4-8,10,13-14H,9H2,1-3H3,(H2,18,22)(H,19,23)/t13-,14+/m0/s1. The average Bonchev–Trinajstić information content (AvgIpc) is 3.05. The van der Waals surface area contributed by atoms with Crippen molar-refractivity contribution in [1.29, 1.82) is 0 Å². The third-order valence-electron chi connectivity index (χ3n) is 3.93. The first-order valence-corrected chi connectivity index (χ1v) is 7.95. The van der Waals surface area contributed by atoms with Gasteiger partial charge in [-0.3, -0.25) is 14.6 Å². The molecule has 0 unspecified atom stereocenters. The van der Waals surface area contributed by atoms with Crippen molar-refractivity contribution in [3.8, 4) is 0 Å². The van der Waals surface area contributed by atoms with Gasteiger partial charge in [0.2, 0.25) is 5.91 Å². The van der Waals surface area contributed by atoms with Crippen LogP contribution < -0.4 is 16.1 Å². The zero-order chi connectivity index (χ0) is 18.6. The summed E-state index contributed by atoms with van der Waals surface area (Å²) in [6.07, 6.45) is 0.0715. The number of hydrogen-bond acceptors (Lipinski definition) is 6. The van der Waals surface area contributed by atoms with Gasteiger partial charge < -0.3 is 15.8 Å². The van der Waals surface area contributed by atoms with Crippen LogP contribution in [0.2, 0.25) is 0 Å². The lowest BCUT2D eigenvalue weighted by Gasteiger charge is -2.20. The van der Waals surface area contributed by atoms with E-state index < -0.39 is 29.9 Å². The molecule has 0 aliphatic carbocycles. The number of hydrazone groups is 1. The number of benzene rings is 1. The SMILES string of the molecule is COC(=O)[C@H](NC(=O)C1=NN(c2ccccc2)[C@H](C(N)=O)C1)C(C)C. The first-order valence-electron chi connectivity index (χ1n) is 7.95. The fourth-order valence-electron chi connectivity index (χ4n) is 2.54. The minimum absolute atomic E-state index is 0.0715. The topological polar surface area (TPSA) is 114 Å². The number of nitrogens with two attached hydrogens (primary N) is 1. The molecule has 0 aromatic heterocycles.